The summed E-state index contributed by atoms with van der Waals surface area (Å²) >= 11 is 0. The van der Waals surface area contributed by atoms with Gasteiger partial charge in [0.25, 0.3) is 0 Å². The molecule has 0 saturated carbocycles. The van der Waals surface area contributed by atoms with Gasteiger partial charge >= 0.3 is 0 Å². The molecule has 86 valence electrons. The van der Waals surface area contributed by atoms with Gasteiger partial charge in [0.05, 0.1) is 12.7 Å². The van der Waals surface area contributed by atoms with Crippen molar-refractivity contribution in [3.8, 4) is 0 Å². The second kappa shape index (κ2) is 9.47. The van der Waals surface area contributed by atoms with Crippen LogP contribution in [-0.4, -0.2) is 18.8 Å². The Balaban J connectivity index is 3.23. The lowest BCUT2D eigenvalue weighted by atomic mass is 10.1. The van der Waals surface area contributed by atoms with E-state index in [-0.39, 0.29) is 6.04 Å². The fourth-order valence-electron chi connectivity index (χ4n) is 1.35. The van der Waals surface area contributed by atoms with Gasteiger partial charge in [-0.2, -0.15) is 0 Å². The van der Waals surface area contributed by atoms with Crippen molar-refractivity contribution >= 4 is 0 Å². The Morgan fingerprint density at radius 2 is 1.86 bits per heavy atom. The maximum absolute atomic E-state index is 5.77. The molecule has 14 heavy (non-hydrogen) atoms. The minimum Gasteiger partial charge on any atom is -0.377 e. The van der Waals surface area contributed by atoms with Gasteiger partial charge in [-0.05, 0) is 19.8 Å². The zero-order chi connectivity index (χ0) is 10.8. The third-order valence-electron chi connectivity index (χ3n) is 2.58. The van der Waals surface area contributed by atoms with E-state index in [4.69, 9.17) is 10.5 Å². The molecule has 0 saturated heterocycles. The lowest BCUT2D eigenvalue weighted by Crippen LogP contribution is -2.27. The molecule has 2 atom stereocenters. The van der Waals surface area contributed by atoms with E-state index in [9.17, 15) is 0 Å². The van der Waals surface area contributed by atoms with Crippen LogP contribution in [0.4, 0.5) is 0 Å². The topological polar surface area (TPSA) is 35.2 Å². The third kappa shape index (κ3) is 8.52. The van der Waals surface area contributed by atoms with Gasteiger partial charge in [-0.25, -0.2) is 0 Å². The van der Waals surface area contributed by atoms with Gasteiger partial charge in [0.15, 0.2) is 0 Å². The van der Waals surface area contributed by atoms with Crippen molar-refractivity contribution in [1.29, 1.82) is 0 Å². The fourth-order valence-corrected chi connectivity index (χ4v) is 1.35. The summed E-state index contributed by atoms with van der Waals surface area (Å²) in [5, 5.41) is 0. The van der Waals surface area contributed by atoms with Crippen molar-refractivity contribution in [2.75, 3.05) is 6.61 Å². The maximum Gasteiger partial charge on any atom is 0.0621 e. The van der Waals surface area contributed by atoms with Crippen LogP contribution < -0.4 is 5.73 Å². The van der Waals surface area contributed by atoms with Gasteiger partial charge in [0.1, 0.15) is 0 Å². The molecule has 0 bridgehead atoms. The average Bonchev–Trinajstić information content (AvgIpc) is 2.21. The molecule has 0 amide bonds. The first kappa shape index (κ1) is 13.9. The monoisotopic (exact) mass is 201 g/mol. The van der Waals surface area contributed by atoms with Crippen molar-refractivity contribution in [3.05, 3.63) is 0 Å². The molecule has 2 heteroatoms. The molecule has 0 aliphatic heterocycles. The standard InChI is InChI=1S/C12H27NO/c1-4-6-7-8-9-11(3)14-10-12(13)5-2/h11-12H,4-10,13H2,1-3H3. The Morgan fingerprint density at radius 3 is 2.43 bits per heavy atom. The van der Waals surface area contributed by atoms with E-state index in [1.165, 1.54) is 32.1 Å². The molecule has 0 radical (unpaired) electrons. The minimum atomic E-state index is 0.216. The maximum atomic E-state index is 5.77. The van der Waals surface area contributed by atoms with E-state index in [1.54, 1.807) is 0 Å². The summed E-state index contributed by atoms with van der Waals surface area (Å²) < 4.78 is 5.65. The van der Waals surface area contributed by atoms with Gasteiger partial charge in [-0.1, -0.05) is 39.5 Å². The first-order valence-electron chi connectivity index (χ1n) is 6.07. The van der Waals surface area contributed by atoms with E-state index in [0.717, 1.165) is 6.42 Å². The number of unbranched alkanes of at least 4 members (excludes halogenated alkanes) is 3. The summed E-state index contributed by atoms with van der Waals surface area (Å²) in [5.74, 6) is 0. The van der Waals surface area contributed by atoms with E-state index < -0.39 is 0 Å². The van der Waals surface area contributed by atoms with Crippen LogP contribution in [0.2, 0.25) is 0 Å². The number of ether oxygens (including phenoxy) is 1. The molecule has 0 spiro atoms. The molecule has 2 unspecified atom stereocenters. The van der Waals surface area contributed by atoms with Crippen LogP contribution in [0, 0.1) is 0 Å². The van der Waals surface area contributed by atoms with Crippen LogP contribution in [0.5, 0.6) is 0 Å². The van der Waals surface area contributed by atoms with Crippen LogP contribution in [0.15, 0.2) is 0 Å². The van der Waals surface area contributed by atoms with Crippen molar-refractivity contribution in [1.82, 2.24) is 0 Å². The summed E-state index contributed by atoms with van der Waals surface area (Å²) in [6.07, 6.45) is 7.83. The smallest absolute Gasteiger partial charge is 0.0621 e. The second-order valence-corrected chi connectivity index (χ2v) is 4.16. The number of rotatable bonds is 9. The Hall–Kier alpha value is -0.0800. The minimum absolute atomic E-state index is 0.216. The molecular weight excluding hydrogens is 174 g/mol. The van der Waals surface area contributed by atoms with Gasteiger partial charge in [0.2, 0.25) is 0 Å². The van der Waals surface area contributed by atoms with Crippen LogP contribution in [-0.2, 0) is 4.74 Å². The van der Waals surface area contributed by atoms with Crippen LogP contribution >= 0.6 is 0 Å². The fraction of sp³-hybridized carbons (Fsp3) is 1.00. The Labute approximate surface area is 89.2 Å². The van der Waals surface area contributed by atoms with Gasteiger partial charge in [-0.3, -0.25) is 0 Å². The van der Waals surface area contributed by atoms with E-state index in [0.29, 0.717) is 12.7 Å². The zero-order valence-electron chi connectivity index (χ0n) is 10.1. The van der Waals surface area contributed by atoms with E-state index in [1.807, 2.05) is 0 Å². The number of hydrogen-bond acceptors (Lipinski definition) is 2. The van der Waals surface area contributed by atoms with Crippen LogP contribution in [0.1, 0.15) is 59.3 Å². The Kier molecular flexibility index (Phi) is 9.42. The van der Waals surface area contributed by atoms with E-state index >= 15 is 0 Å². The summed E-state index contributed by atoms with van der Waals surface area (Å²) in [6.45, 7) is 7.19. The average molecular weight is 201 g/mol. The molecule has 2 N–H and O–H groups in total. The number of hydrogen-bond donors (Lipinski definition) is 1. The SMILES string of the molecule is CCCCCCC(C)OCC(N)CC. The molecule has 0 heterocycles. The van der Waals surface area contributed by atoms with Crippen molar-refractivity contribution in [2.45, 2.75) is 71.4 Å². The highest BCUT2D eigenvalue weighted by Crippen LogP contribution is 2.08. The van der Waals surface area contributed by atoms with Crippen molar-refractivity contribution < 1.29 is 4.74 Å². The molecule has 0 fully saturated rings. The van der Waals surface area contributed by atoms with Crippen LogP contribution in [0.25, 0.3) is 0 Å². The predicted octanol–water partition coefficient (Wildman–Crippen LogP) is 3.10. The molecule has 0 aliphatic rings. The quantitative estimate of drug-likeness (QED) is 0.582. The van der Waals surface area contributed by atoms with Crippen LogP contribution in [0.3, 0.4) is 0 Å². The highest BCUT2D eigenvalue weighted by molar-refractivity contribution is 4.58. The molecule has 0 aromatic carbocycles. The Morgan fingerprint density at radius 1 is 1.14 bits per heavy atom. The lowest BCUT2D eigenvalue weighted by Gasteiger charge is -2.15. The second-order valence-electron chi connectivity index (χ2n) is 4.16. The Bertz CT molecular complexity index is 117. The normalized spacial score (nSPS) is 15.4. The summed E-state index contributed by atoms with van der Waals surface area (Å²) in [4.78, 5) is 0. The predicted molar refractivity (Wildman–Crippen MR) is 62.4 cm³/mol. The van der Waals surface area contributed by atoms with Crippen molar-refractivity contribution in [2.24, 2.45) is 5.73 Å². The number of nitrogens with two attached hydrogens (primary N) is 1. The summed E-state index contributed by atoms with van der Waals surface area (Å²) in [5.41, 5.74) is 5.77. The molecule has 0 aliphatic carbocycles. The molecule has 0 aromatic heterocycles. The van der Waals surface area contributed by atoms with Crippen molar-refractivity contribution in [3.63, 3.8) is 0 Å². The highest BCUT2D eigenvalue weighted by atomic mass is 16.5. The summed E-state index contributed by atoms with van der Waals surface area (Å²) in [6, 6.07) is 0.216. The first-order valence-corrected chi connectivity index (χ1v) is 6.07. The largest absolute Gasteiger partial charge is 0.377 e. The molecule has 2 nitrogen and oxygen atoms in total. The summed E-state index contributed by atoms with van der Waals surface area (Å²) in [7, 11) is 0. The molecular formula is C12H27NO. The van der Waals surface area contributed by atoms with Gasteiger partial charge in [0, 0.05) is 6.04 Å². The molecule has 0 aromatic rings. The van der Waals surface area contributed by atoms with E-state index in [2.05, 4.69) is 20.8 Å². The molecule has 0 rings (SSSR count). The highest BCUT2D eigenvalue weighted by Gasteiger charge is 2.04. The zero-order valence-corrected chi connectivity index (χ0v) is 10.1. The van der Waals surface area contributed by atoms with Gasteiger partial charge in [-0.15, -0.1) is 0 Å². The first-order chi connectivity index (χ1) is 6.70. The third-order valence-corrected chi connectivity index (χ3v) is 2.58. The van der Waals surface area contributed by atoms with Gasteiger partial charge < -0.3 is 10.5 Å². The lowest BCUT2D eigenvalue weighted by molar-refractivity contribution is 0.0487.